The predicted octanol–water partition coefficient (Wildman–Crippen LogP) is 2.62. The number of carbonyl (C=O) groups is 1. The van der Waals surface area contributed by atoms with Crippen LogP contribution in [0.5, 0.6) is 5.75 Å². The molecule has 1 atom stereocenters. The zero-order chi connectivity index (χ0) is 16.6. The molecule has 0 saturated carbocycles. The summed E-state index contributed by atoms with van der Waals surface area (Å²) < 4.78 is 32.5. The van der Waals surface area contributed by atoms with Gasteiger partial charge < -0.3 is 15.6 Å². The highest BCUT2D eigenvalue weighted by Gasteiger charge is 2.31. The van der Waals surface area contributed by atoms with Gasteiger partial charge in [-0.3, -0.25) is 4.90 Å². The summed E-state index contributed by atoms with van der Waals surface area (Å²) in [6.07, 6.45) is -0.994. The largest absolute Gasteiger partial charge is 0.505 e. The second-order valence-electron chi connectivity index (χ2n) is 5.18. The molecule has 3 rings (SSSR count). The van der Waals surface area contributed by atoms with Crippen molar-refractivity contribution in [2.24, 2.45) is 5.73 Å². The molecule has 1 heterocycles. The van der Waals surface area contributed by atoms with E-state index in [9.17, 15) is 18.7 Å². The second kappa shape index (κ2) is 5.85. The van der Waals surface area contributed by atoms with Gasteiger partial charge in [0.25, 0.3) is 0 Å². The average Bonchev–Trinajstić information content (AvgIpc) is 2.91. The Kier molecular flexibility index (Phi) is 3.87. The first kappa shape index (κ1) is 15.2. The highest BCUT2D eigenvalue weighted by molar-refractivity contribution is 5.90. The smallest absolute Gasteiger partial charge is 0.414 e. The van der Waals surface area contributed by atoms with Crippen molar-refractivity contribution in [1.82, 2.24) is 0 Å². The van der Waals surface area contributed by atoms with E-state index in [1.807, 2.05) is 0 Å². The number of halogens is 2. The van der Waals surface area contributed by atoms with Gasteiger partial charge in [0.05, 0.1) is 12.2 Å². The molecule has 1 aliphatic rings. The van der Waals surface area contributed by atoms with E-state index in [2.05, 4.69) is 0 Å². The molecule has 0 radical (unpaired) electrons. The highest BCUT2D eigenvalue weighted by Crippen LogP contribution is 2.31. The van der Waals surface area contributed by atoms with Gasteiger partial charge in [0.1, 0.15) is 11.9 Å². The van der Waals surface area contributed by atoms with E-state index >= 15 is 0 Å². The van der Waals surface area contributed by atoms with Gasteiger partial charge in [-0.1, -0.05) is 6.07 Å². The van der Waals surface area contributed by atoms with Gasteiger partial charge in [0.15, 0.2) is 11.6 Å². The molecule has 0 spiro atoms. The molecule has 7 heteroatoms. The number of anilines is 1. The van der Waals surface area contributed by atoms with Crippen LogP contribution in [-0.2, 0) is 4.74 Å². The van der Waals surface area contributed by atoms with Crippen molar-refractivity contribution in [1.29, 1.82) is 0 Å². The minimum atomic E-state index is -0.779. The number of ether oxygens (including phenoxy) is 1. The second-order valence-corrected chi connectivity index (χ2v) is 5.18. The Balaban J connectivity index is 1.92. The van der Waals surface area contributed by atoms with Crippen molar-refractivity contribution < 1.29 is 23.4 Å². The minimum Gasteiger partial charge on any atom is -0.505 e. The predicted molar refractivity (Wildman–Crippen MR) is 80.1 cm³/mol. The first-order chi connectivity index (χ1) is 11.0. The van der Waals surface area contributed by atoms with E-state index in [-0.39, 0.29) is 18.7 Å². The van der Waals surface area contributed by atoms with Crippen LogP contribution >= 0.6 is 0 Å². The average molecular weight is 320 g/mol. The molecule has 1 aliphatic heterocycles. The zero-order valence-corrected chi connectivity index (χ0v) is 12.0. The zero-order valence-electron chi connectivity index (χ0n) is 12.0. The molecule has 5 nitrogen and oxygen atoms in total. The SMILES string of the molecule is NC[C@H]1CN(c2ccc(-c3ccc(F)c(O)c3)c(F)c2)C(=O)O1. The fraction of sp³-hybridized carbons (Fsp3) is 0.188. The molecule has 1 fully saturated rings. The lowest BCUT2D eigenvalue weighted by atomic mass is 10.0. The Labute approximate surface area is 130 Å². The van der Waals surface area contributed by atoms with Crippen LogP contribution in [0.2, 0.25) is 0 Å². The van der Waals surface area contributed by atoms with E-state index < -0.39 is 29.6 Å². The summed E-state index contributed by atoms with van der Waals surface area (Å²) >= 11 is 0. The molecule has 1 saturated heterocycles. The van der Waals surface area contributed by atoms with Crippen LogP contribution in [0.1, 0.15) is 0 Å². The Hall–Kier alpha value is -2.67. The molecular formula is C16H14F2N2O3. The van der Waals surface area contributed by atoms with Crippen molar-refractivity contribution in [3.8, 4) is 16.9 Å². The third-order valence-electron chi connectivity index (χ3n) is 3.66. The van der Waals surface area contributed by atoms with Gasteiger partial charge in [-0.25, -0.2) is 13.6 Å². The van der Waals surface area contributed by atoms with Crippen LogP contribution in [0.4, 0.5) is 19.3 Å². The summed E-state index contributed by atoms with van der Waals surface area (Å²) in [5, 5.41) is 9.39. The monoisotopic (exact) mass is 320 g/mol. The number of benzene rings is 2. The molecule has 3 N–H and O–H groups in total. The molecule has 0 aromatic heterocycles. The summed E-state index contributed by atoms with van der Waals surface area (Å²) in [4.78, 5) is 13.0. The Bertz CT molecular complexity index is 767. The van der Waals surface area contributed by atoms with Crippen molar-refractivity contribution in [3.63, 3.8) is 0 Å². The Morgan fingerprint density at radius 3 is 2.61 bits per heavy atom. The molecular weight excluding hydrogens is 306 g/mol. The van der Waals surface area contributed by atoms with Crippen LogP contribution in [0.15, 0.2) is 36.4 Å². The number of hydrogen-bond acceptors (Lipinski definition) is 4. The van der Waals surface area contributed by atoms with Gasteiger partial charge in [-0.05, 0) is 35.9 Å². The molecule has 23 heavy (non-hydrogen) atoms. The quantitative estimate of drug-likeness (QED) is 0.911. The number of phenolic OH excluding ortho intramolecular Hbond substituents is 1. The van der Waals surface area contributed by atoms with E-state index in [4.69, 9.17) is 10.5 Å². The molecule has 0 bridgehead atoms. The Morgan fingerprint density at radius 1 is 1.22 bits per heavy atom. The number of cyclic esters (lactones) is 1. The third-order valence-corrected chi connectivity index (χ3v) is 3.66. The van der Waals surface area contributed by atoms with Gasteiger partial charge in [0.2, 0.25) is 0 Å². The third kappa shape index (κ3) is 2.83. The van der Waals surface area contributed by atoms with Gasteiger partial charge in [-0.2, -0.15) is 0 Å². The van der Waals surface area contributed by atoms with Crippen molar-refractivity contribution in [3.05, 3.63) is 48.0 Å². The van der Waals surface area contributed by atoms with E-state index in [1.165, 1.54) is 23.1 Å². The number of nitrogens with zero attached hydrogens (tertiary/aromatic N) is 1. The molecule has 0 aliphatic carbocycles. The molecule has 2 aromatic rings. The topological polar surface area (TPSA) is 75.8 Å². The number of hydrogen-bond donors (Lipinski definition) is 2. The fourth-order valence-corrected chi connectivity index (χ4v) is 2.44. The van der Waals surface area contributed by atoms with Crippen molar-refractivity contribution in [2.45, 2.75) is 6.10 Å². The fourth-order valence-electron chi connectivity index (χ4n) is 2.44. The summed E-state index contributed by atoms with van der Waals surface area (Å²) in [6, 6.07) is 7.76. The normalized spacial score (nSPS) is 17.4. The summed E-state index contributed by atoms with van der Waals surface area (Å²) in [5.74, 6) is -1.93. The van der Waals surface area contributed by atoms with Crippen LogP contribution in [0.25, 0.3) is 11.1 Å². The van der Waals surface area contributed by atoms with E-state index in [1.54, 1.807) is 6.07 Å². The number of carbonyl (C=O) groups excluding carboxylic acids is 1. The molecule has 2 aromatic carbocycles. The van der Waals surface area contributed by atoms with Crippen molar-refractivity contribution in [2.75, 3.05) is 18.0 Å². The lowest BCUT2D eigenvalue weighted by Crippen LogP contribution is -2.27. The Morgan fingerprint density at radius 2 is 2.00 bits per heavy atom. The lowest BCUT2D eigenvalue weighted by Gasteiger charge is -2.14. The minimum absolute atomic E-state index is 0.187. The van der Waals surface area contributed by atoms with Crippen LogP contribution in [-0.4, -0.2) is 30.4 Å². The van der Waals surface area contributed by atoms with Crippen molar-refractivity contribution >= 4 is 11.8 Å². The van der Waals surface area contributed by atoms with Gasteiger partial charge >= 0.3 is 6.09 Å². The van der Waals surface area contributed by atoms with E-state index in [0.717, 1.165) is 12.1 Å². The first-order valence-corrected chi connectivity index (χ1v) is 6.96. The van der Waals surface area contributed by atoms with Crippen LogP contribution < -0.4 is 10.6 Å². The summed E-state index contributed by atoms with van der Waals surface area (Å²) in [5.41, 5.74) is 6.32. The van der Waals surface area contributed by atoms with E-state index in [0.29, 0.717) is 11.3 Å². The van der Waals surface area contributed by atoms with Crippen LogP contribution in [0.3, 0.4) is 0 Å². The molecule has 120 valence electrons. The number of aromatic hydroxyl groups is 1. The highest BCUT2D eigenvalue weighted by atomic mass is 19.1. The molecule has 0 unspecified atom stereocenters. The first-order valence-electron chi connectivity index (χ1n) is 6.96. The lowest BCUT2D eigenvalue weighted by molar-refractivity contribution is 0.145. The number of rotatable bonds is 3. The standard InChI is InChI=1S/C16H14F2N2O3/c17-13-4-1-9(5-15(13)21)12-3-2-10(6-14(12)18)20-8-11(7-19)23-16(20)22/h1-6,11,21H,7-8,19H2/t11-/m0/s1. The summed E-state index contributed by atoms with van der Waals surface area (Å²) in [7, 11) is 0. The van der Waals surface area contributed by atoms with Gasteiger partial charge in [0, 0.05) is 12.1 Å². The number of phenols is 1. The summed E-state index contributed by atoms with van der Waals surface area (Å²) in [6.45, 7) is 0.448. The maximum absolute atomic E-state index is 14.3. The molecule has 1 amide bonds. The number of amides is 1. The van der Waals surface area contributed by atoms with Gasteiger partial charge in [-0.15, -0.1) is 0 Å². The number of nitrogens with two attached hydrogens (primary N) is 1. The maximum atomic E-state index is 14.3. The maximum Gasteiger partial charge on any atom is 0.414 e. The van der Waals surface area contributed by atoms with Crippen LogP contribution in [0, 0.1) is 11.6 Å².